The molecule has 0 radical (unpaired) electrons. The molecule has 1 atom stereocenters. The third kappa shape index (κ3) is 4.90. The van der Waals surface area contributed by atoms with Gasteiger partial charge in [0.25, 0.3) is 0 Å². The van der Waals surface area contributed by atoms with Gasteiger partial charge < -0.3 is 14.9 Å². The summed E-state index contributed by atoms with van der Waals surface area (Å²) in [5.41, 5.74) is 0.161. The summed E-state index contributed by atoms with van der Waals surface area (Å²) in [6, 6.07) is 11.9. The van der Waals surface area contributed by atoms with Crippen molar-refractivity contribution in [2.24, 2.45) is 0 Å². The molecule has 0 spiro atoms. The zero-order chi connectivity index (χ0) is 17.7. The van der Waals surface area contributed by atoms with E-state index in [2.05, 4.69) is 10.00 Å². The van der Waals surface area contributed by atoms with Gasteiger partial charge in [0.1, 0.15) is 5.60 Å². The normalized spacial score (nSPS) is 21.9. The van der Waals surface area contributed by atoms with Gasteiger partial charge in [-0.25, -0.2) is 0 Å². The first-order chi connectivity index (χ1) is 12.0. The fourth-order valence-corrected chi connectivity index (χ4v) is 3.42. The first-order valence-electron chi connectivity index (χ1n) is 8.74. The number of likely N-dealkylation sites (N-methyl/N-ethyl adjacent to an activating group) is 1. The van der Waals surface area contributed by atoms with Crippen LogP contribution in [-0.2, 0) is 17.8 Å². The van der Waals surface area contributed by atoms with Crippen LogP contribution in [0.25, 0.3) is 0 Å². The number of amides is 1. The Morgan fingerprint density at radius 2 is 2.00 bits per heavy atom. The largest absolute Gasteiger partial charge is 0.385 e. The van der Waals surface area contributed by atoms with Crippen LogP contribution in [0.3, 0.4) is 0 Å². The Bertz CT molecular complexity index is 674. The third-order valence-electron chi connectivity index (χ3n) is 4.64. The van der Waals surface area contributed by atoms with Crippen LogP contribution in [0.4, 0.5) is 0 Å². The van der Waals surface area contributed by atoms with Gasteiger partial charge >= 0.3 is 0 Å². The second-order valence-corrected chi connectivity index (χ2v) is 6.97. The van der Waals surface area contributed by atoms with Crippen molar-refractivity contribution in [3.8, 4) is 0 Å². The minimum atomic E-state index is -1.00. The van der Waals surface area contributed by atoms with Gasteiger partial charge in [0, 0.05) is 38.4 Å². The van der Waals surface area contributed by atoms with E-state index in [-0.39, 0.29) is 5.91 Å². The number of aromatic nitrogens is 2. The number of carbonyl (C=O) groups excluding carboxylic acids is 1. The second-order valence-electron chi connectivity index (χ2n) is 6.97. The Kier molecular flexibility index (Phi) is 5.50. The minimum absolute atomic E-state index is 0.0954. The molecule has 1 aliphatic heterocycles. The third-order valence-corrected chi connectivity index (χ3v) is 4.64. The van der Waals surface area contributed by atoms with Crippen molar-refractivity contribution in [3.05, 3.63) is 54.4 Å². The van der Waals surface area contributed by atoms with E-state index in [0.717, 1.165) is 18.5 Å². The smallest absolute Gasteiger partial charge is 0.223 e. The molecule has 1 N–H and O–H groups in total. The summed E-state index contributed by atoms with van der Waals surface area (Å²) in [5, 5.41) is 15.3. The van der Waals surface area contributed by atoms with Gasteiger partial charge in [0.2, 0.25) is 5.91 Å². The molecule has 25 heavy (non-hydrogen) atoms. The van der Waals surface area contributed by atoms with Gasteiger partial charge in [-0.1, -0.05) is 30.3 Å². The molecule has 6 nitrogen and oxygen atoms in total. The van der Waals surface area contributed by atoms with E-state index in [1.165, 1.54) is 0 Å². The Morgan fingerprint density at radius 1 is 1.20 bits per heavy atom. The zero-order valence-electron chi connectivity index (χ0n) is 14.7. The van der Waals surface area contributed by atoms with Crippen LogP contribution >= 0.6 is 0 Å². The molecular weight excluding hydrogens is 316 g/mol. The van der Waals surface area contributed by atoms with Crippen molar-refractivity contribution >= 4 is 5.91 Å². The van der Waals surface area contributed by atoms with E-state index in [4.69, 9.17) is 0 Å². The maximum absolute atomic E-state index is 12.7. The Hall–Kier alpha value is -2.18. The van der Waals surface area contributed by atoms with Crippen molar-refractivity contribution in [2.75, 3.05) is 33.2 Å². The molecule has 0 bridgehead atoms. The molecule has 0 saturated carbocycles. The molecule has 3 rings (SSSR count). The summed E-state index contributed by atoms with van der Waals surface area (Å²) < 4.78 is 1.73. The van der Waals surface area contributed by atoms with Crippen LogP contribution in [0.1, 0.15) is 12.0 Å². The van der Waals surface area contributed by atoms with Crippen molar-refractivity contribution < 1.29 is 9.90 Å². The molecule has 0 aliphatic carbocycles. The Balaban J connectivity index is 1.64. The highest BCUT2D eigenvalue weighted by Gasteiger charge is 2.36. The number of rotatable bonds is 5. The standard InChI is InChI=1S/C19H26N4O2/c1-21-12-13-22(18(24)9-8-17-6-3-2-4-7-17)15-19(25,14-21)16-23-11-5-10-20-23/h2-7,10-11,25H,8-9,12-16H2,1H3. The molecule has 1 unspecified atom stereocenters. The summed E-state index contributed by atoms with van der Waals surface area (Å²) in [5.74, 6) is 0.0954. The van der Waals surface area contributed by atoms with Crippen molar-refractivity contribution in [1.82, 2.24) is 19.6 Å². The van der Waals surface area contributed by atoms with Crippen molar-refractivity contribution in [2.45, 2.75) is 25.0 Å². The van der Waals surface area contributed by atoms with Crippen LogP contribution in [0.15, 0.2) is 48.8 Å². The van der Waals surface area contributed by atoms with Crippen LogP contribution in [0.2, 0.25) is 0 Å². The van der Waals surface area contributed by atoms with Crippen LogP contribution in [0, 0.1) is 0 Å². The SMILES string of the molecule is CN1CCN(C(=O)CCc2ccccc2)CC(O)(Cn2cccn2)C1. The summed E-state index contributed by atoms with van der Waals surface area (Å²) in [6.45, 7) is 2.65. The summed E-state index contributed by atoms with van der Waals surface area (Å²) in [7, 11) is 1.98. The van der Waals surface area contributed by atoms with E-state index in [1.807, 2.05) is 49.6 Å². The maximum Gasteiger partial charge on any atom is 0.223 e. The average Bonchev–Trinajstić information content (AvgIpc) is 3.04. The second kappa shape index (κ2) is 7.80. The fraction of sp³-hybridized carbons (Fsp3) is 0.474. The number of aliphatic hydroxyl groups is 1. The number of benzene rings is 1. The first-order valence-corrected chi connectivity index (χ1v) is 8.74. The van der Waals surface area contributed by atoms with Crippen LogP contribution < -0.4 is 0 Å². The fourth-order valence-electron chi connectivity index (χ4n) is 3.42. The molecule has 1 aromatic carbocycles. The molecular formula is C19H26N4O2. The number of β-amino-alcohol motifs (C(OH)–C–C–N with tert-alkyl or cyclic N) is 1. The molecule has 6 heteroatoms. The monoisotopic (exact) mass is 342 g/mol. The molecule has 1 aliphatic rings. The van der Waals surface area contributed by atoms with Crippen LogP contribution in [-0.4, -0.2) is 69.4 Å². The van der Waals surface area contributed by atoms with E-state index in [9.17, 15) is 9.90 Å². The highest BCUT2D eigenvalue weighted by atomic mass is 16.3. The molecule has 1 aromatic heterocycles. The quantitative estimate of drug-likeness (QED) is 0.881. The highest BCUT2D eigenvalue weighted by Crippen LogP contribution is 2.17. The highest BCUT2D eigenvalue weighted by molar-refractivity contribution is 5.76. The van der Waals surface area contributed by atoms with Gasteiger partial charge in [-0.15, -0.1) is 0 Å². The van der Waals surface area contributed by atoms with Crippen molar-refractivity contribution in [3.63, 3.8) is 0 Å². The summed E-state index contributed by atoms with van der Waals surface area (Å²) >= 11 is 0. The minimum Gasteiger partial charge on any atom is -0.385 e. The van der Waals surface area contributed by atoms with Gasteiger partial charge in [-0.2, -0.15) is 5.10 Å². The van der Waals surface area contributed by atoms with Gasteiger partial charge in [0.05, 0.1) is 13.1 Å². The molecule has 134 valence electrons. The molecule has 1 fully saturated rings. The maximum atomic E-state index is 12.7. The van der Waals surface area contributed by atoms with Gasteiger partial charge in [0.15, 0.2) is 0 Å². The summed E-state index contributed by atoms with van der Waals surface area (Å²) in [6.07, 6.45) is 4.73. The van der Waals surface area contributed by atoms with Crippen LogP contribution in [0.5, 0.6) is 0 Å². The van der Waals surface area contributed by atoms with Gasteiger partial charge in [-0.3, -0.25) is 9.48 Å². The van der Waals surface area contributed by atoms with E-state index >= 15 is 0 Å². The predicted octanol–water partition coefficient (Wildman–Crippen LogP) is 1.02. The van der Waals surface area contributed by atoms with E-state index in [0.29, 0.717) is 32.6 Å². The topological polar surface area (TPSA) is 61.6 Å². The lowest BCUT2D eigenvalue weighted by Crippen LogP contribution is -2.50. The first kappa shape index (κ1) is 17.6. The number of hydrogen-bond donors (Lipinski definition) is 1. The van der Waals surface area contributed by atoms with Crippen molar-refractivity contribution in [1.29, 1.82) is 0 Å². The molecule has 2 heterocycles. The number of hydrogen-bond acceptors (Lipinski definition) is 4. The predicted molar refractivity (Wildman–Crippen MR) is 96.0 cm³/mol. The lowest BCUT2D eigenvalue weighted by Gasteiger charge is -2.32. The van der Waals surface area contributed by atoms with E-state index in [1.54, 1.807) is 15.8 Å². The Morgan fingerprint density at radius 3 is 2.72 bits per heavy atom. The molecule has 1 saturated heterocycles. The number of carbonyl (C=O) groups is 1. The Labute approximate surface area is 148 Å². The van der Waals surface area contributed by atoms with E-state index < -0.39 is 5.60 Å². The lowest BCUT2D eigenvalue weighted by atomic mass is 10.0. The molecule has 1 amide bonds. The zero-order valence-corrected chi connectivity index (χ0v) is 14.7. The average molecular weight is 342 g/mol. The van der Waals surface area contributed by atoms with Gasteiger partial charge in [-0.05, 0) is 25.1 Å². The number of aryl methyl sites for hydroxylation is 1. The lowest BCUT2D eigenvalue weighted by molar-refractivity contribution is -0.134. The number of nitrogens with zero attached hydrogens (tertiary/aromatic N) is 4. The molecule has 2 aromatic rings. The summed E-state index contributed by atoms with van der Waals surface area (Å²) in [4.78, 5) is 16.6.